The number of rotatable bonds is 8. The predicted octanol–water partition coefficient (Wildman–Crippen LogP) is 3.97. The van der Waals surface area contributed by atoms with Crippen molar-refractivity contribution in [1.29, 1.82) is 5.26 Å². The van der Waals surface area contributed by atoms with Crippen LogP contribution >= 0.6 is 0 Å². The van der Waals surface area contributed by atoms with Crippen LogP contribution in [-0.4, -0.2) is 32.2 Å². The zero-order chi connectivity index (χ0) is 26.4. The Bertz CT molecular complexity index is 1290. The summed E-state index contributed by atoms with van der Waals surface area (Å²) in [5.41, 5.74) is 9.51. The molecule has 9 heteroatoms. The number of hydrogen-bond donors (Lipinski definition) is 2. The molecular weight excluding hydrogens is 462 g/mol. The Hall–Kier alpha value is -4.45. The molecule has 0 saturated heterocycles. The topological polar surface area (TPSA) is 133 Å². The smallest absolute Gasteiger partial charge is 0.338 e. The van der Waals surface area contributed by atoms with Crippen molar-refractivity contribution in [2.24, 2.45) is 5.73 Å². The number of allylic oxidation sites excluding steroid dienone is 2. The molecule has 36 heavy (non-hydrogen) atoms. The number of nitrogens with one attached hydrogen (secondary N) is 1. The minimum Gasteiger partial charge on any atom is -0.493 e. The molecule has 1 atom stereocenters. The van der Waals surface area contributed by atoms with Crippen LogP contribution in [0.2, 0.25) is 0 Å². The number of esters is 1. The molecule has 1 aliphatic heterocycles. The first-order chi connectivity index (χ1) is 17.2. The molecule has 9 nitrogen and oxygen atoms in total. The summed E-state index contributed by atoms with van der Waals surface area (Å²) >= 11 is 0. The number of carbonyl (C=O) groups is 2. The van der Waals surface area contributed by atoms with E-state index in [4.69, 9.17) is 24.7 Å². The number of nitriles is 1. The number of aryl methyl sites for hydroxylation is 1. The Kier molecular flexibility index (Phi) is 8.22. The summed E-state index contributed by atoms with van der Waals surface area (Å²) in [5, 5.41) is 12.6. The first-order valence-electron chi connectivity index (χ1n) is 11.3. The van der Waals surface area contributed by atoms with E-state index in [0.717, 1.165) is 11.1 Å². The van der Waals surface area contributed by atoms with Gasteiger partial charge in [0, 0.05) is 5.69 Å². The van der Waals surface area contributed by atoms with Gasteiger partial charge in [0.2, 0.25) is 5.88 Å². The first kappa shape index (κ1) is 26.2. The third-order valence-corrected chi connectivity index (χ3v) is 5.86. The molecule has 1 unspecified atom stereocenters. The molecule has 2 aromatic carbocycles. The van der Waals surface area contributed by atoms with Gasteiger partial charge in [-0.05, 0) is 62.6 Å². The van der Waals surface area contributed by atoms with E-state index in [-0.39, 0.29) is 41.9 Å². The minimum absolute atomic E-state index is 0.0762. The van der Waals surface area contributed by atoms with E-state index in [1.807, 2.05) is 38.1 Å². The van der Waals surface area contributed by atoms with Crippen LogP contribution in [0.4, 0.5) is 5.69 Å². The highest BCUT2D eigenvalue weighted by atomic mass is 16.5. The standard InChI is InChI=1S/C27H29N3O6/c1-6-34-27(32)24-17(4)36-26(29)19(13-28)25(24)18-10-11-21(22(12-18)33-5)35-14-23(31)30-20-9-7-8-15(2)16(20)3/h7-12,25H,6,14,29H2,1-5H3,(H,30,31). The predicted molar refractivity (Wildman–Crippen MR) is 133 cm³/mol. The molecule has 0 radical (unpaired) electrons. The van der Waals surface area contributed by atoms with Gasteiger partial charge in [0.1, 0.15) is 17.4 Å². The van der Waals surface area contributed by atoms with Crippen LogP contribution in [0, 0.1) is 25.2 Å². The van der Waals surface area contributed by atoms with Crippen molar-refractivity contribution in [3.05, 3.63) is 75.9 Å². The van der Waals surface area contributed by atoms with Crippen LogP contribution in [0.3, 0.4) is 0 Å². The molecule has 0 aliphatic carbocycles. The molecular formula is C27H29N3O6. The van der Waals surface area contributed by atoms with Gasteiger partial charge in [0.05, 0.1) is 25.2 Å². The SMILES string of the molecule is CCOC(=O)C1=C(C)OC(N)=C(C#N)C1c1ccc(OCC(=O)Nc2cccc(C)c2C)c(OC)c1. The molecule has 3 N–H and O–H groups in total. The third kappa shape index (κ3) is 5.44. The molecule has 1 heterocycles. The van der Waals surface area contributed by atoms with Crippen molar-refractivity contribution >= 4 is 17.6 Å². The van der Waals surface area contributed by atoms with E-state index in [9.17, 15) is 14.9 Å². The minimum atomic E-state index is -0.821. The van der Waals surface area contributed by atoms with Gasteiger partial charge in [-0.2, -0.15) is 5.26 Å². The van der Waals surface area contributed by atoms with Crippen molar-refractivity contribution in [2.45, 2.75) is 33.6 Å². The van der Waals surface area contributed by atoms with Gasteiger partial charge in [-0.1, -0.05) is 18.2 Å². The maximum Gasteiger partial charge on any atom is 0.338 e. The second kappa shape index (κ2) is 11.3. The zero-order valence-electron chi connectivity index (χ0n) is 20.9. The summed E-state index contributed by atoms with van der Waals surface area (Å²) in [6, 6.07) is 12.6. The van der Waals surface area contributed by atoms with Crippen molar-refractivity contribution in [3.63, 3.8) is 0 Å². The Morgan fingerprint density at radius 2 is 1.92 bits per heavy atom. The van der Waals surface area contributed by atoms with E-state index >= 15 is 0 Å². The number of hydrogen-bond acceptors (Lipinski definition) is 8. The normalized spacial score (nSPS) is 15.1. The number of ether oxygens (including phenoxy) is 4. The monoisotopic (exact) mass is 491 g/mol. The Morgan fingerprint density at radius 3 is 2.58 bits per heavy atom. The highest BCUT2D eigenvalue weighted by Gasteiger charge is 2.36. The second-order valence-electron chi connectivity index (χ2n) is 8.11. The third-order valence-electron chi connectivity index (χ3n) is 5.86. The van der Waals surface area contributed by atoms with Crippen molar-refractivity contribution in [1.82, 2.24) is 0 Å². The number of amides is 1. The molecule has 2 aromatic rings. The van der Waals surface area contributed by atoms with Crippen LogP contribution in [0.15, 0.2) is 59.2 Å². The first-order valence-corrected chi connectivity index (χ1v) is 11.3. The maximum absolute atomic E-state index is 12.7. The highest BCUT2D eigenvalue weighted by molar-refractivity contribution is 5.93. The fourth-order valence-electron chi connectivity index (χ4n) is 3.89. The lowest BCUT2D eigenvalue weighted by molar-refractivity contribution is -0.139. The van der Waals surface area contributed by atoms with E-state index < -0.39 is 11.9 Å². The van der Waals surface area contributed by atoms with Crippen LogP contribution in [-0.2, 0) is 19.1 Å². The van der Waals surface area contributed by atoms with Gasteiger partial charge < -0.3 is 30.0 Å². The Morgan fingerprint density at radius 1 is 1.17 bits per heavy atom. The number of benzene rings is 2. The van der Waals surface area contributed by atoms with Gasteiger partial charge in [0.25, 0.3) is 5.91 Å². The van der Waals surface area contributed by atoms with E-state index in [0.29, 0.717) is 22.7 Å². The molecule has 1 aliphatic rings. The second-order valence-corrected chi connectivity index (χ2v) is 8.11. The van der Waals surface area contributed by atoms with Gasteiger partial charge in [-0.15, -0.1) is 0 Å². The van der Waals surface area contributed by atoms with Gasteiger partial charge >= 0.3 is 5.97 Å². The largest absolute Gasteiger partial charge is 0.493 e. The summed E-state index contributed by atoms with van der Waals surface area (Å²) in [4.78, 5) is 25.2. The number of anilines is 1. The molecule has 1 amide bonds. The molecule has 0 fully saturated rings. The van der Waals surface area contributed by atoms with Crippen LogP contribution in [0.5, 0.6) is 11.5 Å². The molecule has 0 bridgehead atoms. The molecule has 0 aromatic heterocycles. The van der Waals surface area contributed by atoms with Crippen molar-refractivity contribution < 1.29 is 28.5 Å². The maximum atomic E-state index is 12.7. The summed E-state index contributed by atoms with van der Waals surface area (Å²) in [7, 11) is 1.45. The summed E-state index contributed by atoms with van der Waals surface area (Å²) in [6.07, 6.45) is 0. The Labute approximate surface area is 210 Å². The number of nitrogens with two attached hydrogens (primary N) is 1. The number of carbonyl (C=O) groups excluding carboxylic acids is 2. The summed E-state index contributed by atoms with van der Waals surface area (Å²) < 4.78 is 21.8. The fourth-order valence-corrected chi connectivity index (χ4v) is 3.89. The zero-order valence-corrected chi connectivity index (χ0v) is 20.9. The summed E-state index contributed by atoms with van der Waals surface area (Å²) in [6.45, 7) is 7.09. The lowest BCUT2D eigenvalue weighted by Crippen LogP contribution is -2.25. The fraction of sp³-hybridized carbons (Fsp3) is 0.296. The molecule has 0 saturated carbocycles. The summed E-state index contributed by atoms with van der Waals surface area (Å²) in [5.74, 6) is -0.966. The van der Waals surface area contributed by atoms with Crippen molar-refractivity contribution in [2.75, 3.05) is 25.6 Å². The van der Waals surface area contributed by atoms with Crippen molar-refractivity contribution in [3.8, 4) is 17.6 Å². The van der Waals surface area contributed by atoms with Crippen LogP contribution in [0.25, 0.3) is 0 Å². The molecule has 3 rings (SSSR count). The number of nitrogens with zero attached hydrogens (tertiary/aromatic N) is 1. The van der Waals surface area contributed by atoms with Gasteiger partial charge in [0.15, 0.2) is 18.1 Å². The van der Waals surface area contributed by atoms with E-state index in [1.54, 1.807) is 32.0 Å². The quantitative estimate of drug-likeness (QED) is 0.530. The number of methoxy groups -OCH3 is 1. The average Bonchev–Trinajstić information content (AvgIpc) is 2.85. The lowest BCUT2D eigenvalue weighted by atomic mass is 9.83. The molecule has 0 spiro atoms. The highest BCUT2D eigenvalue weighted by Crippen LogP contribution is 2.42. The van der Waals surface area contributed by atoms with E-state index in [2.05, 4.69) is 5.32 Å². The van der Waals surface area contributed by atoms with E-state index in [1.165, 1.54) is 7.11 Å². The van der Waals surface area contributed by atoms with Gasteiger partial charge in [-0.25, -0.2) is 4.79 Å². The van der Waals surface area contributed by atoms with Gasteiger partial charge in [-0.3, -0.25) is 4.79 Å². The molecule has 188 valence electrons. The average molecular weight is 492 g/mol. The lowest BCUT2D eigenvalue weighted by Gasteiger charge is -2.27. The van der Waals surface area contributed by atoms with Crippen LogP contribution < -0.4 is 20.5 Å². The van der Waals surface area contributed by atoms with Crippen LogP contribution in [0.1, 0.15) is 36.5 Å². The Balaban J connectivity index is 1.86.